The second-order valence-corrected chi connectivity index (χ2v) is 7.31. The molecule has 0 N–H and O–H groups in total. The third-order valence-corrected chi connectivity index (χ3v) is 5.29. The minimum atomic E-state index is -3.41. The van der Waals surface area contributed by atoms with Crippen LogP contribution in [0.4, 0.5) is 5.69 Å². The van der Waals surface area contributed by atoms with Gasteiger partial charge in [-0.05, 0) is 37.1 Å². The summed E-state index contributed by atoms with van der Waals surface area (Å²) in [6, 6.07) is 12.3. The molecule has 0 unspecified atom stereocenters. The van der Waals surface area contributed by atoms with Gasteiger partial charge in [0.1, 0.15) is 0 Å². The zero-order valence-corrected chi connectivity index (χ0v) is 13.2. The maximum absolute atomic E-state index is 12.2. The van der Waals surface area contributed by atoms with Crippen molar-refractivity contribution in [3.05, 3.63) is 69.2 Å². The summed E-state index contributed by atoms with van der Waals surface area (Å²) in [5.41, 5.74) is 0.560. The van der Waals surface area contributed by atoms with E-state index < -0.39 is 14.8 Å². The average molecular weight is 340 g/mol. The second kappa shape index (κ2) is 6.89. The number of hydrogen-bond donors (Lipinski definition) is 0. The third kappa shape index (κ3) is 4.05. The van der Waals surface area contributed by atoms with Crippen LogP contribution in [0.2, 0.25) is 5.02 Å². The van der Waals surface area contributed by atoms with Gasteiger partial charge in [0, 0.05) is 16.7 Å². The smallest absolute Gasteiger partial charge is 0.258 e. The number of nitro benzene ring substituents is 1. The number of benzene rings is 2. The molecule has 7 heteroatoms. The molecular weight excluding hydrogens is 326 g/mol. The summed E-state index contributed by atoms with van der Waals surface area (Å²) in [5, 5.41) is 11.4. The van der Waals surface area contributed by atoms with E-state index in [1.165, 1.54) is 30.3 Å². The highest BCUT2D eigenvalue weighted by atomic mass is 35.5. The number of nitrogens with zero attached hydrogens (tertiary/aromatic N) is 1. The molecule has 0 aromatic heterocycles. The van der Waals surface area contributed by atoms with E-state index in [2.05, 4.69) is 0 Å². The minimum absolute atomic E-state index is 0.0198. The van der Waals surface area contributed by atoms with Crippen LogP contribution in [0.25, 0.3) is 0 Å². The first-order valence-electron chi connectivity index (χ1n) is 6.61. The molecule has 0 radical (unpaired) electrons. The lowest BCUT2D eigenvalue weighted by Gasteiger charge is -2.05. The maximum atomic E-state index is 12.2. The number of nitro groups is 1. The van der Waals surface area contributed by atoms with Crippen LogP contribution in [0.5, 0.6) is 0 Å². The Morgan fingerprint density at radius 1 is 1.05 bits per heavy atom. The van der Waals surface area contributed by atoms with Crippen LogP contribution >= 0.6 is 11.6 Å². The van der Waals surface area contributed by atoms with Gasteiger partial charge in [0.2, 0.25) is 0 Å². The molecule has 0 bridgehead atoms. The monoisotopic (exact) mass is 339 g/mol. The lowest BCUT2D eigenvalue weighted by atomic mass is 10.1. The van der Waals surface area contributed by atoms with Crippen LogP contribution in [0.1, 0.15) is 12.0 Å². The minimum Gasteiger partial charge on any atom is -0.258 e. The molecule has 2 aromatic rings. The molecule has 0 saturated carbocycles. The standard InChI is InChI=1S/C15H14ClNO4S/c16-13-7-9-14(10-8-13)22(20,21)11-3-5-12-4-1-2-6-15(12)17(18)19/h1-2,4,6-10H,3,5,11H2. The first-order valence-corrected chi connectivity index (χ1v) is 8.64. The van der Waals surface area contributed by atoms with Crippen LogP contribution in [-0.2, 0) is 16.3 Å². The Morgan fingerprint density at radius 3 is 2.32 bits per heavy atom. The maximum Gasteiger partial charge on any atom is 0.272 e. The van der Waals surface area contributed by atoms with E-state index in [9.17, 15) is 18.5 Å². The largest absolute Gasteiger partial charge is 0.272 e. The first-order chi connectivity index (χ1) is 10.4. The topological polar surface area (TPSA) is 77.3 Å². The lowest BCUT2D eigenvalue weighted by Crippen LogP contribution is -2.08. The molecule has 0 aliphatic heterocycles. The molecule has 116 valence electrons. The Balaban J connectivity index is 2.05. The summed E-state index contributed by atoms with van der Waals surface area (Å²) < 4.78 is 24.4. The summed E-state index contributed by atoms with van der Waals surface area (Å²) in [6.45, 7) is 0. The highest BCUT2D eigenvalue weighted by Crippen LogP contribution is 2.21. The van der Waals surface area contributed by atoms with Crippen molar-refractivity contribution in [2.24, 2.45) is 0 Å². The van der Waals surface area contributed by atoms with Crippen molar-refractivity contribution >= 4 is 27.1 Å². The fourth-order valence-electron chi connectivity index (χ4n) is 2.11. The van der Waals surface area contributed by atoms with E-state index in [0.717, 1.165) is 0 Å². The molecule has 2 aromatic carbocycles. The molecule has 0 aliphatic rings. The molecule has 22 heavy (non-hydrogen) atoms. The summed E-state index contributed by atoms with van der Waals surface area (Å²) in [7, 11) is -3.41. The Labute approximate surface area is 133 Å². The fourth-order valence-corrected chi connectivity index (χ4v) is 3.55. The van der Waals surface area contributed by atoms with Crippen LogP contribution in [0.3, 0.4) is 0 Å². The summed E-state index contributed by atoms with van der Waals surface area (Å²) in [5.74, 6) is -0.0688. The number of rotatable bonds is 6. The third-order valence-electron chi connectivity index (χ3n) is 3.22. The van der Waals surface area contributed by atoms with E-state index in [0.29, 0.717) is 23.4 Å². The highest BCUT2D eigenvalue weighted by Gasteiger charge is 2.16. The van der Waals surface area contributed by atoms with Crippen molar-refractivity contribution in [2.45, 2.75) is 17.7 Å². The molecule has 0 aliphatic carbocycles. The number of para-hydroxylation sites is 1. The summed E-state index contributed by atoms with van der Waals surface area (Å²) in [6.07, 6.45) is 0.653. The molecule has 0 amide bonds. The zero-order chi connectivity index (χ0) is 16.2. The van der Waals surface area contributed by atoms with Crippen LogP contribution in [-0.4, -0.2) is 19.1 Å². The molecule has 0 saturated heterocycles. The van der Waals surface area contributed by atoms with Gasteiger partial charge in [-0.15, -0.1) is 0 Å². The lowest BCUT2D eigenvalue weighted by molar-refractivity contribution is -0.385. The van der Waals surface area contributed by atoms with E-state index in [4.69, 9.17) is 11.6 Å². The van der Waals surface area contributed by atoms with E-state index >= 15 is 0 Å². The van der Waals surface area contributed by atoms with E-state index in [-0.39, 0.29) is 16.3 Å². The normalized spacial score (nSPS) is 11.3. The summed E-state index contributed by atoms with van der Waals surface area (Å²) >= 11 is 5.73. The predicted octanol–water partition coefficient (Wildman–Crippen LogP) is 3.65. The van der Waals surface area contributed by atoms with E-state index in [1.807, 2.05) is 0 Å². The summed E-state index contributed by atoms with van der Waals surface area (Å²) in [4.78, 5) is 10.7. The molecule has 0 heterocycles. The van der Waals surface area contributed by atoms with Gasteiger partial charge in [-0.1, -0.05) is 29.8 Å². The van der Waals surface area contributed by atoms with Gasteiger partial charge in [-0.25, -0.2) is 8.42 Å². The second-order valence-electron chi connectivity index (χ2n) is 4.76. The Bertz CT molecular complexity index is 772. The number of hydrogen-bond acceptors (Lipinski definition) is 4. The van der Waals surface area contributed by atoms with Gasteiger partial charge < -0.3 is 0 Å². The van der Waals surface area contributed by atoms with Crippen molar-refractivity contribution in [2.75, 3.05) is 5.75 Å². The number of sulfone groups is 1. The van der Waals surface area contributed by atoms with Gasteiger partial charge in [0.25, 0.3) is 5.69 Å². The highest BCUT2D eigenvalue weighted by molar-refractivity contribution is 7.91. The quantitative estimate of drug-likeness (QED) is 0.594. The van der Waals surface area contributed by atoms with Gasteiger partial charge in [-0.3, -0.25) is 10.1 Å². The fraction of sp³-hybridized carbons (Fsp3) is 0.200. The molecular formula is C15H14ClNO4S. The molecule has 0 spiro atoms. The van der Waals surface area contributed by atoms with Gasteiger partial charge in [0.05, 0.1) is 15.6 Å². The number of aryl methyl sites for hydroxylation is 1. The van der Waals surface area contributed by atoms with Gasteiger partial charge in [0.15, 0.2) is 9.84 Å². The van der Waals surface area contributed by atoms with E-state index in [1.54, 1.807) is 18.2 Å². The van der Waals surface area contributed by atoms with Crippen molar-refractivity contribution < 1.29 is 13.3 Å². The van der Waals surface area contributed by atoms with Crippen molar-refractivity contribution in [1.82, 2.24) is 0 Å². The van der Waals surface area contributed by atoms with Crippen molar-refractivity contribution in [3.8, 4) is 0 Å². The average Bonchev–Trinajstić information content (AvgIpc) is 2.48. The van der Waals surface area contributed by atoms with Crippen LogP contribution < -0.4 is 0 Å². The zero-order valence-electron chi connectivity index (χ0n) is 11.6. The molecule has 0 fully saturated rings. The predicted molar refractivity (Wildman–Crippen MR) is 84.9 cm³/mol. The van der Waals surface area contributed by atoms with Crippen LogP contribution in [0, 0.1) is 10.1 Å². The SMILES string of the molecule is O=[N+]([O-])c1ccccc1CCCS(=O)(=O)c1ccc(Cl)cc1. The van der Waals surface area contributed by atoms with Crippen LogP contribution in [0.15, 0.2) is 53.4 Å². The Morgan fingerprint density at radius 2 is 1.68 bits per heavy atom. The van der Waals surface area contributed by atoms with Gasteiger partial charge in [-0.2, -0.15) is 0 Å². The Hall–Kier alpha value is -1.92. The Kier molecular flexibility index (Phi) is 5.15. The number of halogens is 1. The van der Waals surface area contributed by atoms with Crippen molar-refractivity contribution in [1.29, 1.82) is 0 Å². The molecule has 0 atom stereocenters. The first kappa shape index (κ1) is 16.5. The molecule has 5 nitrogen and oxygen atoms in total. The van der Waals surface area contributed by atoms with Crippen molar-refractivity contribution in [3.63, 3.8) is 0 Å². The van der Waals surface area contributed by atoms with Gasteiger partial charge >= 0.3 is 0 Å². The molecule has 2 rings (SSSR count).